The molecule has 0 fully saturated rings. The first-order valence-corrected chi connectivity index (χ1v) is 5.53. The zero-order valence-corrected chi connectivity index (χ0v) is 10.5. The van der Waals surface area contributed by atoms with Crippen molar-refractivity contribution in [1.29, 1.82) is 0 Å². The van der Waals surface area contributed by atoms with E-state index in [0.717, 1.165) is 6.54 Å². The van der Waals surface area contributed by atoms with Crippen molar-refractivity contribution in [1.82, 2.24) is 15.1 Å². The molecule has 1 unspecified atom stereocenters. The van der Waals surface area contributed by atoms with Crippen molar-refractivity contribution < 1.29 is 0 Å². The molecule has 0 aliphatic carbocycles. The first-order valence-electron chi connectivity index (χ1n) is 5.53. The molecule has 0 aliphatic rings. The summed E-state index contributed by atoms with van der Waals surface area (Å²) in [5.74, 6) is 0. The van der Waals surface area contributed by atoms with Crippen LogP contribution < -0.4 is 5.32 Å². The van der Waals surface area contributed by atoms with Gasteiger partial charge in [0.2, 0.25) is 0 Å². The van der Waals surface area contributed by atoms with E-state index >= 15 is 0 Å². The van der Waals surface area contributed by atoms with E-state index in [9.17, 15) is 0 Å². The molecule has 3 heteroatoms. The average Bonchev–Trinajstić information content (AvgIpc) is 2.09. The van der Waals surface area contributed by atoms with Gasteiger partial charge in [-0.2, -0.15) is 0 Å². The van der Waals surface area contributed by atoms with Crippen molar-refractivity contribution in [3.63, 3.8) is 0 Å². The van der Waals surface area contributed by atoms with Crippen molar-refractivity contribution in [2.24, 2.45) is 0 Å². The largest absolute Gasteiger partial charge is 0.318 e. The predicted molar refractivity (Wildman–Crippen MR) is 63.8 cm³/mol. The standard InChI is InChI=1S/C11H27N3/c1-12-10-11(14(4)5)8-6-7-9-13(2)3/h11-12H,6-10H2,1-5H3. The normalized spacial score (nSPS) is 13.9. The van der Waals surface area contributed by atoms with E-state index in [2.05, 4.69) is 43.3 Å². The second-order valence-corrected chi connectivity index (χ2v) is 4.47. The minimum atomic E-state index is 0.683. The van der Waals surface area contributed by atoms with Crippen LogP contribution in [-0.4, -0.2) is 64.2 Å². The van der Waals surface area contributed by atoms with Crippen LogP contribution in [0.4, 0.5) is 0 Å². The molecular formula is C11H27N3. The summed E-state index contributed by atoms with van der Waals surface area (Å²) in [6.45, 7) is 2.30. The summed E-state index contributed by atoms with van der Waals surface area (Å²) in [5, 5.41) is 3.25. The third-order valence-electron chi connectivity index (χ3n) is 2.56. The van der Waals surface area contributed by atoms with Crippen LogP contribution in [-0.2, 0) is 0 Å². The number of hydrogen-bond donors (Lipinski definition) is 1. The van der Waals surface area contributed by atoms with Crippen molar-refractivity contribution in [2.45, 2.75) is 25.3 Å². The van der Waals surface area contributed by atoms with Gasteiger partial charge in [0.25, 0.3) is 0 Å². The van der Waals surface area contributed by atoms with Gasteiger partial charge in [0, 0.05) is 12.6 Å². The van der Waals surface area contributed by atoms with Crippen LogP contribution >= 0.6 is 0 Å². The van der Waals surface area contributed by atoms with Crippen LogP contribution in [0.1, 0.15) is 19.3 Å². The van der Waals surface area contributed by atoms with Gasteiger partial charge in [0.15, 0.2) is 0 Å². The van der Waals surface area contributed by atoms with Gasteiger partial charge in [-0.1, -0.05) is 6.42 Å². The Morgan fingerprint density at radius 3 is 2.14 bits per heavy atom. The highest BCUT2D eigenvalue weighted by molar-refractivity contribution is 4.68. The molecule has 0 radical (unpaired) electrons. The molecule has 0 amide bonds. The third kappa shape index (κ3) is 7.30. The highest BCUT2D eigenvalue weighted by Gasteiger charge is 2.09. The molecule has 86 valence electrons. The van der Waals surface area contributed by atoms with Crippen LogP contribution in [0, 0.1) is 0 Å². The number of nitrogens with zero attached hydrogens (tertiary/aromatic N) is 2. The Hall–Kier alpha value is -0.120. The summed E-state index contributed by atoms with van der Waals surface area (Å²) < 4.78 is 0. The number of nitrogens with one attached hydrogen (secondary N) is 1. The molecule has 0 aliphatic heterocycles. The van der Waals surface area contributed by atoms with Crippen molar-refractivity contribution in [3.05, 3.63) is 0 Å². The van der Waals surface area contributed by atoms with Crippen LogP contribution in [0.25, 0.3) is 0 Å². The molecule has 0 saturated carbocycles. The van der Waals surface area contributed by atoms with E-state index in [-0.39, 0.29) is 0 Å². The first kappa shape index (κ1) is 13.9. The third-order valence-corrected chi connectivity index (χ3v) is 2.56. The maximum Gasteiger partial charge on any atom is 0.0214 e. The summed E-state index contributed by atoms with van der Waals surface area (Å²) in [5.41, 5.74) is 0. The molecule has 0 rings (SSSR count). The summed E-state index contributed by atoms with van der Waals surface area (Å²) in [6, 6.07) is 0.683. The molecule has 0 heterocycles. The minimum absolute atomic E-state index is 0.683. The van der Waals surface area contributed by atoms with Crippen molar-refractivity contribution >= 4 is 0 Å². The van der Waals surface area contributed by atoms with Crippen LogP contribution in [0.5, 0.6) is 0 Å². The zero-order valence-electron chi connectivity index (χ0n) is 10.5. The molecule has 0 bridgehead atoms. The number of rotatable bonds is 8. The topological polar surface area (TPSA) is 18.5 Å². The van der Waals surface area contributed by atoms with E-state index in [1.165, 1.54) is 25.8 Å². The quantitative estimate of drug-likeness (QED) is 0.588. The molecule has 1 atom stereocenters. The lowest BCUT2D eigenvalue weighted by atomic mass is 10.1. The van der Waals surface area contributed by atoms with Crippen LogP contribution in [0.2, 0.25) is 0 Å². The van der Waals surface area contributed by atoms with Gasteiger partial charge in [0.1, 0.15) is 0 Å². The Bertz CT molecular complexity index is 124. The second kappa shape index (κ2) is 8.21. The summed E-state index contributed by atoms with van der Waals surface area (Å²) >= 11 is 0. The molecule has 0 spiro atoms. The SMILES string of the molecule is CNCC(CCCCN(C)C)N(C)C. The molecule has 1 N–H and O–H groups in total. The number of likely N-dealkylation sites (N-methyl/N-ethyl adjacent to an activating group) is 2. The lowest BCUT2D eigenvalue weighted by Gasteiger charge is -2.24. The molecule has 0 aromatic carbocycles. The summed E-state index contributed by atoms with van der Waals surface area (Å²) in [6.07, 6.45) is 3.92. The Morgan fingerprint density at radius 2 is 1.71 bits per heavy atom. The molecule has 14 heavy (non-hydrogen) atoms. The second-order valence-electron chi connectivity index (χ2n) is 4.47. The van der Waals surface area contributed by atoms with Crippen LogP contribution in [0.3, 0.4) is 0 Å². The summed E-state index contributed by atoms with van der Waals surface area (Å²) in [4.78, 5) is 4.56. The maximum absolute atomic E-state index is 3.25. The Morgan fingerprint density at radius 1 is 1.07 bits per heavy atom. The van der Waals surface area contributed by atoms with Crippen molar-refractivity contribution in [3.8, 4) is 0 Å². The van der Waals surface area contributed by atoms with E-state index in [1.54, 1.807) is 0 Å². The van der Waals surface area contributed by atoms with Gasteiger partial charge in [0.05, 0.1) is 0 Å². The highest BCUT2D eigenvalue weighted by atomic mass is 15.1. The fourth-order valence-corrected chi connectivity index (χ4v) is 1.59. The van der Waals surface area contributed by atoms with Gasteiger partial charge in [-0.3, -0.25) is 0 Å². The molecule has 0 aromatic rings. The van der Waals surface area contributed by atoms with Gasteiger partial charge in [-0.25, -0.2) is 0 Å². The molecule has 3 nitrogen and oxygen atoms in total. The lowest BCUT2D eigenvalue weighted by molar-refractivity contribution is 0.263. The number of unbranched alkanes of at least 4 members (excludes halogenated alkanes) is 1. The number of hydrogen-bond acceptors (Lipinski definition) is 3. The Balaban J connectivity index is 3.50. The highest BCUT2D eigenvalue weighted by Crippen LogP contribution is 2.05. The molecule has 0 saturated heterocycles. The Kier molecular flexibility index (Phi) is 8.14. The van der Waals surface area contributed by atoms with Gasteiger partial charge in [-0.15, -0.1) is 0 Å². The van der Waals surface area contributed by atoms with E-state index in [0.29, 0.717) is 6.04 Å². The van der Waals surface area contributed by atoms with E-state index in [4.69, 9.17) is 0 Å². The average molecular weight is 201 g/mol. The van der Waals surface area contributed by atoms with Gasteiger partial charge < -0.3 is 15.1 Å². The fourth-order valence-electron chi connectivity index (χ4n) is 1.59. The minimum Gasteiger partial charge on any atom is -0.318 e. The Labute approximate surface area is 89.5 Å². The van der Waals surface area contributed by atoms with Crippen molar-refractivity contribution in [2.75, 3.05) is 48.3 Å². The van der Waals surface area contributed by atoms with Gasteiger partial charge >= 0.3 is 0 Å². The van der Waals surface area contributed by atoms with E-state index in [1.807, 2.05) is 7.05 Å². The molecular weight excluding hydrogens is 174 g/mol. The van der Waals surface area contributed by atoms with Crippen LogP contribution in [0.15, 0.2) is 0 Å². The summed E-state index contributed by atoms with van der Waals surface area (Å²) in [7, 11) is 10.6. The fraction of sp³-hybridized carbons (Fsp3) is 1.00. The predicted octanol–water partition coefficient (Wildman–Crippen LogP) is 0.868. The zero-order chi connectivity index (χ0) is 11.0. The molecule has 0 aromatic heterocycles. The first-order chi connectivity index (χ1) is 6.57. The smallest absolute Gasteiger partial charge is 0.0214 e. The lowest BCUT2D eigenvalue weighted by Crippen LogP contribution is -2.36. The van der Waals surface area contributed by atoms with E-state index < -0.39 is 0 Å². The maximum atomic E-state index is 3.25. The monoisotopic (exact) mass is 201 g/mol. The van der Waals surface area contributed by atoms with Gasteiger partial charge in [-0.05, 0) is 54.6 Å².